The van der Waals surface area contributed by atoms with Crippen molar-refractivity contribution in [2.75, 3.05) is 5.32 Å². The first kappa shape index (κ1) is 12.1. The Morgan fingerprint density at radius 1 is 1.12 bits per heavy atom. The lowest BCUT2D eigenvalue weighted by atomic mass is 10.2. The van der Waals surface area contributed by atoms with Crippen molar-refractivity contribution in [2.24, 2.45) is 0 Å². The molecule has 1 N–H and O–H groups in total. The molecule has 0 saturated carbocycles. The number of anilines is 1. The van der Waals surface area contributed by atoms with Gasteiger partial charge in [-0.25, -0.2) is 4.39 Å². The first-order chi connectivity index (χ1) is 8.15. The number of aryl methyl sites for hydroxylation is 1. The molecule has 3 heteroatoms. The van der Waals surface area contributed by atoms with Crippen LogP contribution in [0.5, 0.6) is 0 Å². The molecule has 0 aliphatic rings. The SMILES string of the molecule is Cc1ccc(NCc2cc(F)ccc2Br)cc1. The zero-order chi connectivity index (χ0) is 12.3. The van der Waals surface area contributed by atoms with Crippen LogP contribution in [-0.4, -0.2) is 0 Å². The van der Waals surface area contributed by atoms with Crippen LogP contribution in [0, 0.1) is 12.7 Å². The van der Waals surface area contributed by atoms with Gasteiger partial charge in [-0.2, -0.15) is 0 Å². The summed E-state index contributed by atoms with van der Waals surface area (Å²) in [5.41, 5.74) is 3.17. The van der Waals surface area contributed by atoms with Gasteiger partial charge >= 0.3 is 0 Å². The first-order valence-electron chi connectivity index (χ1n) is 5.39. The quantitative estimate of drug-likeness (QED) is 0.878. The summed E-state index contributed by atoms with van der Waals surface area (Å²) in [7, 11) is 0. The summed E-state index contributed by atoms with van der Waals surface area (Å²) in [6.45, 7) is 2.65. The highest BCUT2D eigenvalue weighted by molar-refractivity contribution is 9.10. The number of halogens is 2. The fourth-order valence-corrected chi connectivity index (χ4v) is 1.93. The summed E-state index contributed by atoms with van der Waals surface area (Å²) in [5, 5.41) is 3.26. The van der Waals surface area contributed by atoms with Crippen LogP contribution in [0.1, 0.15) is 11.1 Å². The number of rotatable bonds is 3. The summed E-state index contributed by atoms with van der Waals surface area (Å²) < 4.78 is 14.0. The van der Waals surface area contributed by atoms with Gasteiger partial charge in [-0.05, 0) is 42.8 Å². The van der Waals surface area contributed by atoms with Crippen LogP contribution in [0.15, 0.2) is 46.9 Å². The summed E-state index contributed by atoms with van der Waals surface area (Å²) in [5.74, 6) is -0.214. The van der Waals surface area contributed by atoms with Gasteiger partial charge in [-0.1, -0.05) is 33.6 Å². The van der Waals surface area contributed by atoms with E-state index in [1.54, 1.807) is 6.07 Å². The van der Waals surface area contributed by atoms with E-state index in [4.69, 9.17) is 0 Å². The Hall–Kier alpha value is -1.35. The van der Waals surface area contributed by atoms with Gasteiger partial charge < -0.3 is 5.32 Å². The molecule has 0 unspecified atom stereocenters. The third-order valence-corrected chi connectivity index (χ3v) is 3.32. The van der Waals surface area contributed by atoms with Gasteiger partial charge in [0.25, 0.3) is 0 Å². The zero-order valence-electron chi connectivity index (χ0n) is 9.50. The molecule has 0 bridgehead atoms. The van der Waals surface area contributed by atoms with Crippen LogP contribution in [0.25, 0.3) is 0 Å². The highest BCUT2D eigenvalue weighted by Crippen LogP contribution is 2.19. The second-order valence-corrected chi connectivity index (χ2v) is 4.81. The highest BCUT2D eigenvalue weighted by Gasteiger charge is 2.01. The predicted octanol–water partition coefficient (Wildman–Crippen LogP) is 4.51. The Balaban J connectivity index is 2.07. The highest BCUT2D eigenvalue weighted by atomic mass is 79.9. The molecule has 17 heavy (non-hydrogen) atoms. The lowest BCUT2D eigenvalue weighted by Gasteiger charge is -2.08. The van der Waals surface area contributed by atoms with Gasteiger partial charge in [0.2, 0.25) is 0 Å². The molecule has 1 nitrogen and oxygen atoms in total. The second kappa shape index (κ2) is 5.32. The van der Waals surface area contributed by atoms with Gasteiger partial charge in [-0.15, -0.1) is 0 Å². The lowest BCUT2D eigenvalue weighted by molar-refractivity contribution is 0.625. The molecule has 88 valence electrons. The predicted molar refractivity (Wildman–Crippen MR) is 72.6 cm³/mol. The monoisotopic (exact) mass is 293 g/mol. The van der Waals surface area contributed by atoms with E-state index >= 15 is 0 Å². The van der Waals surface area contributed by atoms with Crippen LogP contribution >= 0.6 is 15.9 Å². The molecule has 0 aromatic heterocycles. The lowest BCUT2D eigenvalue weighted by Crippen LogP contribution is -2.00. The smallest absolute Gasteiger partial charge is 0.123 e. The number of hydrogen-bond acceptors (Lipinski definition) is 1. The van der Waals surface area contributed by atoms with E-state index in [2.05, 4.69) is 21.2 Å². The summed E-state index contributed by atoms with van der Waals surface area (Å²) in [6, 6.07) is 12.8. The van der Waals surface area contributed by atoms with Crippen molar-refractivity contribution < 1.29 is 4.39 Å². The third-order valence-electron chi connectivity index (χ3n) is 2.54. The number of nitrogens with one attached hydrogen (secondary N) is 1. The molecule has 2 rings (SSSR count). The van der Waals surface area contributed by atoms with Gasteiger partial charge in [0.15, 0.2) is 0 Å². The van der Waals surface area contributed by atoms with Crippen molar-refractivity contribution >= 4 is 21.6 Å². The van der Waals surface area contributed by atoms with Crippen molar-refractivity contribution in [1.82, 2.24) is 0 Å². The molecule has 0 fully saturated rings. The topological polar surface area (TPSA) is 12.0 Å². The van der Waals surface area contributed by atoms with E-state index in [-0.39, 0.29) is 5.82 Å². The van der Waals surface area contributed by atoms with Gasteiger partial charge in [0, 0.05) is 16.7 Å². The molecule has 2 aromatic carbocycles. The molecule has 0 saturated heterocycles. The van der Waals surface area contributed by atoms with Crippen LogP contribution in [0.2, 0.25) is 0 Å². The Morgan fingerprint density at radius 2 is 1.82 bits per heavy atom. The van der Waals surface area contributed by atoms with E-state index in [1.165, 1.54) is 17.7 Å². The summed E-state index contributed by atoms with van der Waals surface area (Å²) >= 11 is 3.41. The maximum atomic E-state index is 13.1. The normalized spacial score (nSPS) is 10.3. The molecule has 0 aliphatic heterocycles. The van der Waals surface area contributed by atoms with E-state index < -0.39 is 0 Å². The van der Waals surface area contributed by atoms with Gasteiger partial charge in [0.05, 0.1) is 0 Å². The minimum Gasteiger partial charge on any atom is -0.381 e. The first-order valence-corrected chi connectivity index (χ1v) is 6.19. The van der Waals surface area contributed by atoms with Crippen molar-refractivity contribution in [2.45, 2.75) is 13.5 Å². The Bertz CT molecular complexity index is 508. The molecular formula is C14H13BrFN. The van der Waals surface area contributed by atoms with E-state index in [1.807, 2.05) is 31.2 Å². The Labute approximate surface area is 109 Å². The maximum absolute atomic E-state index is 13.1. The molecule has 0 heterocycles. The fraction of sp³-hybridized carbons (Fsp3) is 0.143. The zero-order valence-corrected chi connectivity index (χ0v) is 11.1. The molecule has 0 amide bonds. The summed E-state index contributed by atoms with van der Waals surface area (Å²) in [4.78, 5) is 0. The molecule has 2 aromatic rings. The minimum atomic E-state index is -0.214. The molecule has 0 radical (unpaired) electrons. The third kappa shape index (κ3) is 3.30. The van der Waals surface area contributed by atoms with Gasteiger partial charge in [-0.3, -0.25) is 0 Å². The summed E-state index contributed by atoms with van der Waals surface area (Å²) in [6.07, 6.45) is 0. The number of benzene rings is 2. The van der Waals surface area contributed by atoms with Crippen molar-refractivity contribution in [3.05, 3.63) is 63.9 Å². The Morgan fingerprint density at radius 3 is 2.53 bits per heavy atom. The van der Waals surface area contributed by atoms with Gasteiger partial charge in [0.1, 0.15) is 5.82 Å². The molecule has 0 spiro atoms. The molecule has 0 aliphatic carbocycles. The molecule has 0 atom stereocenters. The van der Waals surface area contributed by atoms with Crippen LogP contribution in [-0.2, 0) is 6.54 Å². The minimum absolute atomic E-state index is 0.214. The fourth-order valence-electron chi connectivity index (χ4n) is 1.55. The van der Waals surface area contributed by atoms with Crippen molar-refractivity contribution in [3.8, 4) is 0 Å². The molecular weight excluding hydrogens is 281 g/mol. The Kier molecular flexibility index (Phi) is 3.79. The number of hydrogen-bond donors (Lipinski definition) is 1. The van der Waals surface area contributed by atoms with Crippen molar-refractivity contribution in [1.29, 1.82) is 0 Å². The van der Waals surface area contributed by atoms with Crippen LogP contribution < -0.4 is 5.32 Å². The van der Waals surface area contributed by atoms with Crippen LogP contribution in [0.4, 0.5) is 10.1 Å². The van der Waals surface area contributed by atoms with Crippen LogP contribution in [0.3, 0.4) is 0 Å². The maximum Gasteiger partial charge on any atom is 0.123 e. The van der Waals surface area contributed by atoms with E-state index in [0.717, 1.165) is 15.7 Å². The van der Waals surface area contributed by atoms with Crippen molar-refractivity contribution in [3.63, 3.8) is 0 Å². The largest absolute Gasteiger partial charge is 0.381 e. The van der Waals surface area contributed by atoms with E-state index in [0.29, 0.717) is 6.54 Å². The second-order valence-electron chi connectivity index (χ2n) is 3.96. The average molecular weight is 294 g/mol. The van der Waals surface area contributed by atoms with E-state index in [9.17, 15) is 4.39 Å². The average Bonchev–Trinajstić information content (AvgIpc) is 2.32. The standard InChI is InChI=1S/C14H13BrFN/c1-10-2-5-13(6-3-10)17-9-11-8-12(16)4-7-14(11)15/h2-8,17H,9H2,1H3.